The zero-order valence-electron chi connectivity index (χ0n) is 11.9. The van der Waals surface area contributed by atoms with E-state index in [0.29, 0.717) is 16.5 Å². The second-order valence-corrected chi connectivity index (χ2v) is 5.76. The Morgan fingerprint density at radius 2 is 1.83 bits per heavy atom. The molecule has 2 rings (SSSR count). The van der Waals surface area contributed by atoms with E-state index in [0.717, 1.165) is 4.47 Å². The van der Waals surface area contributed by atoms with Crippen LogP contribution in [0.25, 0.3) is 0 Å². The number of anilines is 1. The number of esters is 1. The third-order valence-corrected chi connectivity index (χ3v) is 3.45. The van der Waals surface area contributed by atoms with Gasteiger partial charge >= 0.3 is 5.97 Å². The van der Waals surface area contributed by atoms with E-state index in [-0.39, 0.29) is 13.2 Å². The minimum Gasteiger partial charge on any atom is -0.480 e. The maximum absolute atomic E-state index is 11.6. The highest BCUT2D eigenvalue weighted by atomic mass is 79.9. The molecule has 7 heteroatoms. The molecule has 0 aliphatic rings. The van der Waals surface area contributed by atoms with Crippen LogP contribution in [0.5, 0.6) is 5.75 Å². The molecule has 0 fully saturated rings. The van der Waals surface area contributed by atoms with Gasteiger partial charge in [-0.15, -0.1) is 0 Å². The Morgan fingerprint density at radius 3 is 2.52 bits per heavy atom. The Hall–Kier alpha value is -2.05. The average Bonchev–Trinajstić information content (AvgIpc) is 2.53. The van der Waals surface area contributed by atoms with Crippen LogP contribution in [0.4, 0.5) is 5.69 Å². The Labute approximate surface area is 146 Å². The van der Waals surface area contributed by atoms with Crippen LogP contribution in [-0.2, 0) is 14.3 Å². The number of ether oxygens (including phenoxy) is 2. The first-order valence-corrected chi connectivity index (χ1v) is 7.80. The first-order chi connectivity index (χ1) is 11.0. The summed E-state index contributed by atoms with van der Waals surface area (Å²) in [5.74, 6) is -0.723. The molecule has 0 unspecified atom stereocenters. The molecule has 0 saturated heterocycles. The average molecular weight is 399 g/mol. The largest absolute Gasteiger partial charge is 0.480 e. The number of benzene rings is 2. The summed E-state index contributed by atoms with van der Waals surface area (Å²) in [7, 11) is 0. The van der Waals surface area contributed by atoms with Crippen LogP contribution in [0.3, 0.4) is 0 Å². The highest BCUT2D eigenvalue weighted by molar-refractivity contribution is 9.10. The van der Waals surface area contributed by atoms with E-state index in [4.69, 9.17) is 21.1 Å². The Bertz CT molecular complexity index is 694. The van der Waals surface area contributed by atoms with E-state index >= 15 is 0 Å². The second-order valence-electron chi connectivity index (χ2n) is 4.44. The Morgan fingerprint density at radius 1 is 1.09 bits per heavy atom. The van der Waals surface area contributed by atoms with Gasteiger partial charge in [-0.25, -0.2) is 4.79 Å². The van der Waals surface area contributed by atoms with Gasteiger partial charge in [0.05, 0.1) is 5.02 Å². The molecule has 1 amide bonds. The second kappa shape index (κ2) is 8.55. The molecule has 1 N–H and O–H groups in total. The van der Waals surface area contributed by atoms with Gasteiger partial charge in [0.2, 0.25) is 0 Å². The highest BCUT2D eigenvalue weighted by Crippen LogP contribution is 2.27. The zero-order chi connectivity index (χ0) is 16.7. The van der Waals surface area contributed by atoms with Gasteiger partial charge in [0.25, 0.3) is 5.91 Å². The number of rotatable bonds is 6. The number of halogens is 2. The molecule has 0 heterocycles. The van der Waals surface area contributed by atoms with Gasteiger partial charge in [-0.3, -0.25) is 4.79 Å². The molecule has 0 aromatic heterocycles. The van der Waals surface area contributed by atoms with Crippen molar-refractivity contribution in [1.29, 1.82) is 0 Å². The lowest BCUT2D eigenvalue weighted by Crippen LogP contribution is -2.23. The normalized spacial score (nSPS) is 10.0. The van der Waals surface area contributed by atoms with Crippen molar-refractivity contribution in [1.82, 2.24) is 0 Å². The quantitative estimate of drug-likeness (QED) is 0.754. The Balaban J connectivity index is 1.73. The van der Waals surface area contributed by atoms with Gasteiger partial charge in [0, 0.05) is 10.2 Å². The molecule has 0 aliphatic carbocycles. The molecule has 23 heavy (non-hydrogen) atoms. The van der Waals surface area contributed by atoms with Crippen molar-refractivity contribution < 1.29 is 19.1 Å². The summed E-state index contributed by atoms with van der Waals surface area (Å²) >= 11 is 9.23. The predicted octanol–water partition coefficient (Wildman–Crippen LogP) is 3.66. The van der Waals surface area contributed by atoms with Gasteiger partial charge in [-0.1, -0.05) is 45.7 Å². The van der Waals surface area contributed by atoms with Gasteiger partial charge in [0.15, 0.2) is 13.2 Å². The summed E-state index contributed by atoms with van der Waals surface area (Å²) in [5, 5.41) is 2.97. The first-order valence-electron chi connectivity index (χ1n) is 6.63. The molecular formula is C16H13BrClNO4. The third kappa shape index (κ3) is 5.92. The number of amides is 1. The molecule has 0 radical (unpaired) electrons. The van der Waals surface area contributed by atoms with Crippen LogP contribution in [0.1, 0.15) is 0 Å². The minimum absolute atomic E-state index is 0.333. The van der Waals surface area contributed by atoms with Crippen molar-refractivity contribution >= 4 is 45.1 Å². The fourth-order valence-electron chi connectivity index (χ4n) is 1.64. The molecule has 120 valence electrons. The summed E-state index contributed by atoms with van der Waals surface area (Å²) < 4.78 is 10.9. The molecule has 5 nitrogen and oxygen atoms in total. The monoisotopic (exact) mass is 397 g/mol. The van der Waals surface area contributed by atoms with Crippen molar-refractivity contribution in [2.75, 3.05) is 18.5 Å². The van der Waals surface area contributed by atoms with Crippen LogP contribution in [-0.4, -0.2) is 25.1 Å². The summed E-state index contributed by atoms with van der Waals surface area (Å²) in [6.07, 6.45) is 0. The van der Waals surface area contributed by atoms with Gasteiger partial charge < -0.3 is 14.8 Å². The summed E-state index contributed by atoms with van der Waals surface area (Å²) in [6, 6.07) is 13.9. The van der Waals surface area contributed by atoms with Crippen LogP contribution in [0.15, 0.2) is 53.0 Å². The number of nitrogens with one attached hydrogen (secondary N) is 1. The fourth-order valence-corrected chi connectivity index (χ4v) is 2.36. The van der Waals surface area contributed by atoms with Crippen LogP contribution in [0.2, 0.25) is 5.02 Å². The van der Waals surface area contributed by atoms with Gasteiger partial charge in [-0.2, -0.15) is 0 Å². The van der Waals surface area contributed by atoms with E-state index in [9.17, 15) is 9.59 Å². The van der Waals surface area contributed by atoms with Crippen LogP contribution < -0.4 is 10.1 Å². The summed E-state index contributed by atoms with van der Waals surface area (Å²) in [5.41, 5.74) is 0.631. The fraction of sp³-hybridized carbons (Fsp3) is 0.125. The number of hydrogen-bond donors (Lipinski definition) is 1. The zero-order valence-corrected chi connectivity index (χ0v) is 14.3. The Kier molecular flexibility index (Phi) is 6.43. The maximum atomic E-state index is 11.6. The topological polar surface area (TPSA) is 64.6 Å². The minimum atomic E-state index is -0.660. The van der Waals surface area contributed by atoms with Gasteiger partial charge in [-0.05, 0) is 30.3 Å². The van der Waals surface area contributed by atoms with Crippen molar-refractivity contribution in [3.63, 3.8) is 0 Å². The molecule has 0 saturated carbocycles. The predicted molar refractivity (Wildman–Crippen MR) is 90.7 cm³/mol. The molecule has 0 spiro atoms. The summed E-state index contributed by atoms with van der Waals surface area (Å²) in [4.78, 5) is 23.2. The third-order valence-electron chi connectivity index (χ3n) is 2.66. The van der Waals surface area contributed by atoms with E-state index in [1.807, 2.05) is 6.07 Å². The van der Waals surface area contributed by atoms with Crippen LogP contribution in [0, 0.1) is 0 Å². The SMILES string of the molecule is O=C(COC(=O)COc1ccc(Br)cc1Cl)Nc1ccccc1. The number of hydrogen-bond acceptors (Lipinski definition) is 4. The number of carbonyl (C=O) groups excluding carboxylic acids is 2. The smallest absolute Gasteiger partial charge is 0.344 e. The first kappa shape index (κ1) is 17.3. The van der Waals surface area contributed by atoms with Crippen molar-refractivity contribution in [2.24, 2.45) is 0 Å². The van der Waals surface area contributed by atoms with E-state index in [1.54, 1.807) is 42.5 Å². The molecule has 2 aromatic rings. The van der Waals surface area contributed by atoms with E-state index < -0.39 is 11.9 Å². The maximum Gasteiger partial charge on any atom is 0.344 e. The summed E-state index contributed by atoms with van der Waals surface area (Å²) in [6.45, 7) is -0.717. The van der Waals surface area contributed by atoms with Crippen molar-refractivity contribution in [2.45, 2.75) is 0 Å². The molecular weight excluding hydrogens is 386 g/mol. The standard InChI is InChI=1S/C16H13BrClNO4/c17-11-6-7-14(13(18)8-11)22-10-16(21)23-9-15(20)19-12-4-2-1-3-5-12/h1-8H,9-10H2,(H,19,20). The van der Waals surface area contributed by atoms with Crippen LogP contribution >= 0.6 is 27.5 Å². The van der Waals surface area contributed by atoms with Gasteiger partial charge in [0.1, 0.15) is 5.75 Å². The van der Waals surface area contributed by atoms with E-state index in [1.165, 1.54) is 0 Å². The molecule has 0 bridgehead atoms. The highest BCUT2D eigenvalue weighted by Gasteiger charge is 2.10. The molecule has 0 atom stereocenters. The number of carbonyl (C=O) groups is 2. The van der Waals surface area contributed by atoms with Crippen molar-refractivity contribution in [3.05, 3.63) is 58.0 Å². The lowest BCUT2D eigenvalue weighted by atomic mass is 10.3. The lowest BCUT2D eigenvalue weighted by molar-refractivity contribution is -0.149. The van der Waals surface area contributed by atoms with Crippen molar-refractivity contribution in [3.8, 4) is 5.75 Å². The lowest BCUT2D eigenvalue weighted by Gasteiger charge is -2.09. The molecule has 2 aromatic carbocycles. The van der Waals surface area contributed by atoms with E-state index in [2.05, 4.69) is 21.2 Å². The number of para-hydroxylation sites is 1. The molecule has 0 aliphatic heterocycles.